The molecule has 0 unspecified atom stereocenters. The van der Waals surface area contributed by atoms with Crippen molar-refractivity contribution in [2.24, 2.45) is 0 Å². The number of hydrogen-bond acceptors (Lipinski definition) is 5. The zero-order chi connectivity index (χ0) is 18.6. The lowest BCUT2D eigenvalue weighted by molar-refractivity contribution is -0.384. The van der Waals surface area contributed by atoms with Crippen molar-refractivity contribution in [2.45, 2.75) is 38.1 Å². The van der Waals surface area contributed by atoms with E-state index in [1.54, 1.807) is 11.9 Å². The monoisotopic (exact) mass is 369 g/mol. The summed E-state index contributed by atoms with van der Waals surface area (Å²) < 4.78 is 25.2. The van der Waals surface area contributed by atoms with Crippen LogP contribution in [0.3, 0.4) is 0 Å². The van der Waals surface area contributed by atoms with E-state index in [0.717, 1.165) is 48.7 Å². The second-order valence-electron chi connectivity index (χ2n) is 6.34. The number of likely N-dealkylation sites (N-methyl/N-ethyl adjacent to an activating group) is 1. The normalized spacial score (nSPS) is 15.6. The molecule has 1 aromatic carbocycles. The Hall–Kier alpha value is -2.16. The van der Waals surface area contributed by atoms with Crippen LogP contribution < -0.4 is 4.31 Å². The molecule has 0 heterocycles. The SMILES string of the molecule is CN(C(=O)CN(c1cccc([N+](=O)[O-])c1)S(C)(=O)=O)C1CCCCC1. The first kappa shape index (κ1) is 19.2. The molecule has 2 rings (SSSR count). The summed E-state index contributed by atoms with van der Waals surface area (Å²) in [4.78, 5) is 24.5. The summed E-state index contributed by atoms with van der Waals surface area (Å²) in [6.45, 7) is -0.368. The lowest BCUT2D eigenvalue weighted by Gasteiger charge is -2.33. The number of nitro benzene ring substituents is 1. The number of nitrogens with zero attached hydrogens (tertiary/aromatic N) is 3. The summed E-state index contributed by atoms with van der Waals surface area (Å²) in [5.41, 5.74) is -0.110. The molecule has 0 N–H and O–H groups in total. The third kappa shape index (κ3) is 4.91. The van der Waals surface area contributed by atoms with E-state index in [0.29, 0.717) is 0 Å². The second-order valence-corrected chi connectivity index (χ2v) is 8.25. The van der Waals surface area contributed by atoms with Crippen molar-refractivity contribution in [3.63, 3.8) is 0 Å². The second kappa shape index (κ2) is 7.81. The van der Waals surface area contributed by atoms with Gasteiger partial charge in [0.05, 0.1) is 16.9 Å². The van der Waals surface area contributed by atoms with Gasteiger partial charge in [-0.2, -0.15) is 0 Å². The number of non-ortho nitro benzene ring substituents is 1. The Balaban J connectivity index is 2.22. The summed E-state index contributed by atoms with van der Waals surface area (Å²) in [5.74, 6) is -0.316. The van der Waals surface area contributed by atoms with Crippen LogP contribution in [0.25, 0.3) is 0 Å². The van der Waals surface area contributed by atoms with Gasteiger partial charge in [-0.05, 0) is 18.9 Å². The molecule has 1 aliphatic carbocycles. The number of rotatable bonds is 6. The highest BCUT2D eigenvalue weighted by Gasteiger charge is 2.27. The van der Waals surface area contributed by atoms with Gasteiger partial charge in [0, 0.05) is 25.2 Å². The third-order valence-electron chi connectivity index (χ3n) is 4.52. The number of anilines is 1. The fourth-order valence-electron chi connectivity index (χ4n) is 3.07. The molecule has 0 bridgehead atoms. The van der Waals surface area contributed by atoms with Crippen LogP contribution >= 0.6 is 0 Å². The van der Waals surface area contributed by atoms with Crippen molar-refractivity contribution < 1.29 is 18.1 Å². The van der Waals surface area contributed by atoms with E-state index < -0.39 is 14.9 Å². The maximum atomic E-state index is 12.6. The van der Waals surface area contributed by atoms with Crippen LogP contribution in [0.5, 0.6) is 0 Å². The molecule has 138 valence electrons. The standard InChI is InChI=1S/C16H23N3O5S/c1-17(13-7-4-3-5-8-13)16(20)12-18(25(2,23)24)14-9-6-10-15(11-14)19(21)22/h6,9-11,13H,3-5,7-8,12H2,1-2H3. The molecule has 1 fully saturated rings. The minimum Gasteiger partial charge on any atom is -0.341 e. The largest absolute Gasteiger partial charge is 0.341 e. The quantitative estimate of drug-likeness (QED) is 0.565. The minimum atomic E-state index is -3.76. The molecule has 0 aliphatic heterocycles. The van der Waals surface area contributed by atoms with Crippen LogP contribution in [0.1, 0.15) is 32.1 Å². The molecule has 0 radical (unpaired) electrons. The van der Waals surface area contributed by atoms with Gasteiger partial charge in [0.15, 0.2) is 0 Å². The van der Waals surface area contributed by atoms with Crippen LogP contribution in [0, 0.1) is 10.1 Å². The predicted molar refractivity (Wildman–Crippen MR) is 94.9 cm³/mol. The van der Waals surface area contributed by atoms with Gasteiger partial charge in [-0.3, -0.25) is 19.2 Å². The Morgan fingerprint density at radius 1 is 1.28 bits per heavy atom. The van der Waals surface area contributed by atoms with Crippen LogP contribution in [0.4, 0.5) is 11.4 Å². The third-order valence-corrected chi connectivity index (χ3v) is 5.66. The summed E-state index contributed by atoms with van der Waals surface area (Å²) in [5, 5.41) is 10.9. The fourth-order valence-corrected chi connectivity index (χ4v) is 3.91. The van der Waals surface area contributed by atoms with Gasteiger partial charge in [-0.25, -0.2) is 8.42 Å². The van der Waals surface area contributed by atoms with Gasteiger partial charge >= 0.3 is 0 Å². The van der Waals surface area contributed by atoms with Gasteiger partial charge in [0.1, 0.15) is 6.54 Å². The fraction of sp³-hybridized carbons (Fsp3) is 0.562. The molecule has 1 aliphatic rings. The van der Waals surface area contributed by atoms with Gasteiger partial charge in [-0.15, -0.1) is 0 Å². The smallest absolute Gasteiger partial charge is 0.271 e. The zero-order valence-electron chi connectivity index (χ0n) is 14.4. The summed E-state index contributed by atoms with van der Waals surface area (Å²) in [6, 6.07) is 5.41. The van der Waals surface area contributed by atoms with E-state index in [1.165, 1.54) is 18.2 Å². The first-order valence-corrected chi connectivity index (χ1v) is 10.0. The molecule has 0 atom stereocenters. The average Bonchev–Trinajstić information content (AvgIpc) is 2.58. The Kier molecular flexibility index (Phi) is 5.99. The topological polar surface area (TPSA) is 101 Å². The molecule has 9 heteroatoms. The molecule has 0 spiro atoms. The number of hydrogen-bond donors (Lipinski definition) is 0. The number of sulfonamides is 1. The van der Waals surface area contributed by atoms with E-state index in [4.69, 9.17) is 0 Å². The van der Waals surface area contributed by atoms with Crippen molar-refractivity contribution >= 4 is 27.3 Å². The molecule has 1 aromatic rings. The van der Waals surface area contributed by atoms with Gasteiger partial charge in [-0.1, -0.05) is 25.3 Å². The first-order chi connectivity index (χ1) is 11.7. The van der Waals surface area contributed by atoms with Crippen LogP contribution in [0.2, 0.25) is 0 Å². The van der Waals surface area contributed by atoms with Crippen LogP contribution in [0.15, 0.2) is 24.3 Å². The first-order valence-electron chi connectivity index (χ1n) is 8.18. The Labute approximate surface area is 147 Å². The van der Waals surface area contributed by atoms with Crippen molar-refractivity contribution in [1.82, 2.24) is 4.90 Å². The number of carbonyl (C=O) groups is 1. The van der Waals surface area contributed by atoms with Crippen molar-refractivity contribution in [2.75, 3.05) is 24.2 Å². The van der Waals surface area contributed by atoms with Crippen LogP contribution in [-0.4, -0.2) is 50.0 Å². The molecule has 0 aromatic heterocycles. The Bertz CT molecular complexity index is 744. The van der Waals surface area contributed by atoms with Crippen molar-refractivity contribution in [3.8, 4) is 0 Å². The number of carbonyl (C=O) groups excluding carboxylic acids is 1. The van der Waals surface area contributed by atoms with Crippen LogP contribution in [-0.2, 0) is 14.8 Å². The molecular weight excluding hydrogens is 346 g/mol. The van der Waals surface area contributed by atoms with E-state index >= 15 is 0 Å². The molecule has 1 saturated carbocycles. The molecule has 0 saturated heterocycles. The van der Waals surface area contributed by atoms with E-state index in [2.05, 4.69) is 0 Å². The molecule has 8 nitrogen and oxygen atoms in total. The average molecular weight is 369 g/mol. The summed E-state index contributed by atoms with van der Waals surface area (Å²) >= 11 is 0. The highest BCUT2D eigenvalue weighted by atomic mass is 32.2. The van der Waals surface area contributed by atoms with E-state index in [1.807, 2.05) is 0 Å². The number of nitro groups is 1. The lowest BCUT2D eigenvalue weighted by Crippen LogP contribution is -2.45. The maximum absolute atomic E-state index is 12.6. The summed E-state index contributed by atoms with van der Waals surface area (Å²) in [6.07, 6.45) is 6.09. The predicted octanol–water partition coefficient (Wildman–Crippen LogP) is 2.15. The maximum Gasteiger partial charge on any atom is 0.271 e. The lowest BCUT2D eigenvalue weighted by atomic mass is 9.94. The molecule has 25 heavy (non-hydrogen) atoms. The molecule has 1 amide bonds. The van der Waals surface area contributed by atoms with Gasteiger partial charge < -0.3 is 4.90 Å². The highest BCUT2D eigenvalue weighted by Crippen LogP contribution is 2.25. The number of amides is 1. The van der Waals surface area contributed by atoms with E-state index in [9.17, 15) is 23.3 Å². The number of benzene rings is 1. The summed E-state index contributed by atoms with van der Waals surface area (Å²) in [7, 11) is -2.07. The van der Waals surface area contributed by atoms with Crippen molar-refractivity contribution in [3.05, 3.63) is 34.4 Å². The zero-order valence-corrected chi connectivity index (χ0v) is 15.2. The van der Waals surface area contributed by atoms with Crippen molar-refractivity contribution in [1.29, 1.82) is 0 Å². The molecular formula is C16H23N3O5S. The van der Waals surface area contributed by atoms with Gasteiger partial charge in [0.25, 0.3) is 5.69 Å². The Morgan fingerprint density at radius 3 is 2.48 bits per heavy atom. The highest BCUT2D eigenvalue weighted by molar-refractivity contribution is 7.92. The minimum absolute atomic E-state index is 0.113. The Morgan fingerprint density at radius 2 is 1.92 bits per heavy atom. The van der Waals surface area contributed by atoms with E-state index in [-0.39, 0.29) is 29.9 Å². The van der Waals surface area contributed by atoms with Gasteiger partial charge in [0.2, 0.25) is 15.9 Å².